The van der Waals surface area contributed by atoms with Gasteiger partial charge in [-0.25, -0.2) is 0 Å². The topological polar surface area (TPSA) is 58.2 Å². The maximum Gasteiger partial charge on any atom is 0.243 e. The molecule has 2 amide bonds. The summed E-state index contributed by atoms with van der Waals surface area (Å²) in [6.45, 7) is 7.33. The van der Waals surface area contributed by atoms with Crippen LogP contribution in [-0.2, 0) is 9.59 Å². The van der Waals surface area contributed by atoms with Crippen LogP contribution in [0.5, 0.6) is 0 Å². The number of hydrogen-bond donors (Lipinski definition) is 2. The van der Waals surface area contributed by atoms with Gasteiger partial charge in [-0.1, -0.05) is 39.0 Å². The van der Waals surface area contributed by atoms with Crippen molar-refractivity contribution in [3.05, 3.63) is 29.8 Å². The van der Waals surface area contributed by atoms with E-state index in [0.29, 0.717) is 0 Å². The van der Waals surface area contributed by atoms with E-state index in [1.807, 2.05) is 52.0 Å². The standard InChI is InChI=1S/C14H20N2O2/c1-10-7-5-6-8-11(10)16-12(17)9-15-13(18)14(2,3)4/h5-8H,9H2,1-4H3,(H,15,18)(H,16,17). The van der Waals surface area contributed by atoms with Crippen LogP contribution >= 0.6 is 0 Å². The normalized spacial score (nSPS) is 10.9. The van der Waals surface area contributed by atoms with Crippen LogP contribution < -0.4 is 10.6 Å². The summed E-state index contributed by atoms with van der Waals surface area (Å²) in [7, 11) is 0. The molecule has 1 aromatic rings. The van der Waals surface area contributed by atoms with E-state index in [0.717, 1.165) is 11.3 Å². The zero-order valence-corrected chi connectivity index (χ0v) is 11.3. The maximum absolute atomic E-state index is 11.7. The molecule has 1 rings (SSSR count). The molecule has 18 heavy (non-hydrogen) atoms. The molecule has 4 nitrogen and oxygen atoms in total. The van der Waals surface area contributed by atoms with Gasteiger partial charge < -0.3 is 10.6 Å². The van der Waals surface area contributed by atoms with Gasteiger partial charge in [-0.3, -0.25) is 9.59 Å². The van der Waals surface area contributed by atoms with Gasteiger partial charge >= 0.3 is 0 Å². The summed E-state index contributed by atoms with van der Waals surface area (Å²) in [4.78, 5) is 23.3. The highest BCUT2D eigenvalue weighted by Crippen LogP contribution is 2.13. The molecular formula is C14H20N2O2. The van der Waals surface area contributed by atoms with Crippen molar-refractivity contribution >= 4 is 17.5 Å². The van der Waals surface area contributed by atoms with Gasteiger partial charge in [0.2, 0.25) is 11.8 Å². The first-order valence-electron chi connectivity index (χ1n) is 5.94. The Hall–Kier alpha value is -1.84. The van der Waals surface area contributed by atoms with Crippen LogP contribution in [0.15, 0.2) is 24.3 Å². The number of rotatable bonds is 3. The zero-order chi connectivity index (χ0) is 13.8. The van der Waals surface area contributed by atoms with Crippen molar-refractivity contribution in [3.63, 3.8) is 0 Å². The van der Waals surface area contributed by atoms with Gasteiger partial charge in [0.15, 0.2) is 0 Å². The van der Waals surface area contributed by atoms with E-state index >= 15 is 0 Å². The lowest BCUT2D eigenvalue weighted by atomic mass is 9.96. The molecule has 0 heterocycles. The minimum atomic E-state index is -0.483. The number of benzene rings is 1. The second-order valence-corrected chi connectivity index (χ2v) is 5.30. The fourth-order valence-electron chi connectivity index (χ4n) is 1.33. The first-order valence-corrected chi connectivity index (χ1v) is 5.94. The molecule has 0 fully saturated rings. The summed E-state index contributed by atoms with van der Waals surface area (Å²) in [5, 5.41) is 5.37. The summed E-state index contributed by atoms with van der Waals surface area (Å²) in [6.07, 6.45) is 0. The van der Waals surface area contributed by atoms with Crippen LogP contribution in [0.2, 0.25) is 0 Å². The van der Waals surface area contributed by atoms with Gasteiger partial charge in [0, 0.05) is 11.1 Å². The Morgan fingerprint density at radius 1 is 1.17 bits per heavy atom. The Morgan fingerprint density at radius 2 is 1.78 bits per heavy atom. The monoisotopic (exact) mass is 248 g/mol. The van der Waals surface area contributed by atoms with Gasteiger partial charge in [-0.15, -0.1) is 0 Å². The SMILES string of the molecule is Cc1ccccc1NC(=O)CNC(=O)C(C)(C)C. The van der Waals surface area contributed by atoms with Gasteiger partial charge in [-0.2, -0.15) is 0 Å². The summed E-state index contributed by atoms with van der Waals surface area (Å²) in [5.74, 6) is -0.357. The quantitative estimate of drug-likeness (QED) is 0.860. The molecular weight excluding hydrogens is 228 g/mol. The van der Waals surface area contributed by atoms with Crippen LogP contribution in [-0.4, -0.2) is 18.4 Å². The third kappa shape index (κ3) is 4.20. The van der Waals surface area contributed by atoms with Crippen LogP contribution in [0, 0.1) is 12.3 Å². The van der Waals surface area contributed by atoms with Crippen LogP contribution in [0.1, 0.15) is 26.3 Å². The van der Waals surface area contributed by atoms with Crippen molar-refractivity contribution in [3.8, 4) is 0 Å². The number of anilines is 1. The maximum atomic E-state index is 11.7. The molecule has 0 aromatic heterocycles. The molecule has 0 aliphatic rings. The number of amides is 2. The lowest BCUT2D eigenvalue weighted by Crippen LogP contribution is -2.39. The minimum absolute atomic E-state index is 0.00949. The number of aryl methyl sites for hydroxylation is 1. The second kappa shape index (κ2) is 5.67. The molecule has 0 unspecified atom stereocenters. The Balaban J connectivity index is 2.49. The highest BCUT2D eigenvalue weighted by molar-refractivity contribution is 5.95. The minimum Gasteiger partial charge on any atom is -0.347 e. The fraction of sp³-hybridized carbons (Fsp3) is 0.429. The second-order valence-electron chi connectivity index (χ2n) is 5.30. The number of hydrogen-bond acceptors (Lipinski definition) is 2. The van der Waals surface area contributed by atoms with E-state index < -0.39 is 5.41 Å². The molecule has 0 bridgehead atoms. The molecule has 0 radical (unpaired) electrons. The smallest absolute Gasteiger partial charge is 0.243 e. The van der Waals surface area contributed by atoms with Crippen molar-refractivity contribution in [2.24, 2.45) is 5.41 Å². The molecule has 0 saturated heterocycles. The molecule has 2 N–H and O–H groups in total. The molecule has 98 valence electrons. The Morgan fingerprint density at radius 3 is 2.33 bits per heavy atom. The number of carbonyl (C=O) groups is 2. The number of para-hydroxylation sites is 1. The van der Waals surface area contributed by atoms with Crippen molar-refractivity contribution in [2.45, 2.75) is 27.7 Å². The highest BCUT2D eigenvalue weighted by atomic mass is 16.2. The predicted octanol–water partition coefficient (Wildman–Crippen LogP) is 2.10. The molecule has 0 spiro atoms. The van der Waals surface area contributed by atoms with Gasteiger partial charge in [0.25, 0.3) is 0 Å². The van der Waals surface area contributed by atoms with Gasteiger partial charge in [0.1, 0.15) is 0 Å². The molecule has 0 aliphatic carbocycles. The lowest BCUT2D eigenvalue weighted by Gasteiger charge is -2.17. The fourth-order valence-corrected chi connectivity index (χ4v) is 1.33. The van der Waals surface area contributed by atoms with E-state index in [9.17, 15) is 9.59 Å². The first kappa shape index (κ1) is 14.2. The van der Waals surface area contributed by atoms with E-state index in [-0.39, 0.29) is 18.4 Å². The Bertz CT molecular complexity index is 447. The van der Waals surface area contributed by atoms with E-state index in [2.05, 4.69) is 10.6 Å². The van der Waals surface area contributed by atoms with Gasteiger partial charge in [0.05, 0.1) is 6.54 Å². The van der Waals surface area contributed by atoms with Crippen molar-refractivity contribution in [1.29, 1.82) is 0 Å². The van der Waals surface area contributed by atoms with Crippen molar-refractivity contribution in [1.82, 2.24) is 5.32 Å². The lowest BCUT2D eigenvalue weighted by molar-refractivity contribution is -0.130. The molecule has 1 aromatic carbocycles. The zero-order valence-electron chi connectivity index (χ0n) is 11.3. The number of carbonyl (C=O) groups excluding carboxylic acids is 2. The van der Waals surface area contributed by atoms with E-state index in [1.54, 1.807) is 0 Å². The highest BCUT2D eigenvalue weighted by Gasteiger charge is 2.21. The predicted molar refractivity (Wildman–Crippen MR) is 72.3 cm³/mol. The summed E-state index contributed by atoms with van der Waals surface area (Å²) >= 11 is 0. The largest absolute Gasteiger partial charge is 0.347 e. The van der Waals surface area contributed by atoms with Crippen LogP contribution in [0.4, 0.5) is 5.69 Å². The average molecular weight is 248 g/mol. The average Bonchev–Trinajstić information content (AvgIpc) is 2.27. The van der Waals surface area contributed by atoms with Crippen molar-refractivity contribution in [2.75, 3.05) is 11.9 Å². The van der Waals surface area contributed by atoms with Crippen molar-refractivity contribution < 1.29 is 9.59 Å². The van der Waals surface area contributed by atoms with Crippen LogP contribution in [0.25, 0.3) is 0 Å². The third-order valence-corrected chi connectivity index (χ3v) is 2.51. The molecule has 0 saturated carbocycles. The van der Waals surface area contributed by atoms with Gasteiger partial charge in [-0.05, 0) is 18.6 Å². The van der Waals surface area contributed by atoms with E-state index in [1.165, 1.54) is 0 Å². The third-order valence-electron chi connectivity index (χ3n) is 2.51. The summed E-state index contributed by atoms with van der Waals surface area (Å²) in [6, 6.07) is 7.52. The molecule has 0 aliphatic heterocycles. The Kier molecular flexibility index (Phi) is 4.48. The molecule has 0 atom stereocenters. The summed E-state index contributed by atoms with van der Waals surface area (Å²) < 4.78 is 0. The summed E-state index contributed by atoms with van der Waals surface area (Å²) in [5.41, 5.74) is 1.28. The number of nitrogens with one attached hydrogen (secondary N) is 2. The van der Waals surface area contributed by atoms with Crippen LogP contribution in [0.3, 0.4) is 0 Å². The van der Waals surface area contributed by atoms with E-state index in [4.69, 9.17) is 0 Å². The Labute approximate surface area is 108 Å². The molecule has 4 heteroatoms. The first-order chi connectivity index (χ1) is 8.30.